The minimum atomic E-state index is -0.626. The number of ether oxygens (including phenoxy) is 2. The number of rotatable bonds is 1. The maximum Gasteiger partial charge on any atom is 0.309 e. The highest BCUT2D eigenvalue weighted by Gasteiger charge is 2.78. The molecule has 3 aliphatic rings. The predicted molar refractivity (Wildman–Crippen MR) is 66.9 cm³/mol. The number of nitrogens with zero attached hydrogens (tertiary/aromatic N) is 1. The lowest BCUT2D eigenvalue weighted by molar-refractivity contribution is -0.155. The first-order valence-corrected chi connectivity index (χ1v) is 6.78. The largest absolute Gasteiger partial charge is 0.469 e. The van der Waals surface area contributed by atoms with E-state index in [1.165, 1.54) is 7.11 Å². The number of carbonyl (C=O) groups is 2. The molecule has 0 spiro atoms. The molecule has 0 aromatic heterocycles. The molecular formula is C14H21NO4. The minimum Gasteiger partial charge on any atom is -0.469 e. The van der Waals surface area contributed by atoms with Crippen LogP contribution in [0.4, 0.5) is 0 Å². The van der Waals surface area contributed by atoms with E-state index in [2.05, 4.69) is 20.8 Å². The summed E-state index contributed by atoms with van der Waals surface area (Å²) in [7, 11) is 1.37. The van der Waals surface area contributed by atoms with E-state index < -0.39 is 5.72 Å². The van der Waals surface area contributed by atoms with E-state index in [1.807, 2.05) is 11.8 Å². The second kappa shape index (κ2) is 3.51. The summed E-state index contributed by atoms with van der Waals surface area (Å²) in [6.07, 6.45) is 0. The Hall–Kier alpha value is -1.10. The van der Waals surface area contributed by atoms with Gasteiger partial charge in [-0.15, -0.1) is 0 Å². The Morgan fingerprint density at radius 2 is 2.11 bits per heavy atom. The fourth-order valence-electron chi connectivity index (χ4n) is 3.84. The van der Waals surface area contributed by atoms with E-state index in [-0.39, 0.29) is 41.1 Å². The summed E-state index contributed by atoms with van der Waals surface area (Å²) in [5.74, 6) is -0.813. The number of amides is 1. The van der Waals surface area contributed by atoms with Gasteiger partial charge in [0.2, 0.25) is 5.91 Å². The Kier molecular flexibility index (Phi) is 2.38. The zero-order valence-corrected chi connectivity index (χ0v) is 12.1. The standard InChI is InChI=1S/C14H21NO4/c1-13(2,3)7-6-19-14(4)10-8(11(16)15(7)14)9(10)12(17)18-5/h7-10H,6H2,1-5H3/t7-,8+,9-,10+,14-/m1/s1. The highest BCUT2D eigenvalue weighted by Crippen LogP contribution is 2.64. The van der Waals surface area contributed by atoms with Crippen molar-refractivity contribution in [2.24, 2.45) is 23.2 Å². The molecule has 0 N–H and O–H groups in total. The lowest BCUT2D eigenvalue weighted by atomic mass is 9.86. The van der Waals surface area contributed by atoms with Crippen molar-refractivity contribution in [2.45, 2.75) is 39.5 Å². The molecular weight excluding hydrogens is 246 g/mol. The van der Waals surface area contributed by atoms with Gasteiger partial charge in [-0.2, -0.15) is 0 Å². The minimum absolute atomic E-state index is 0.0229. The highest BCUT2D eigenvalue weighted by molar-refractivity contribution is 5.95. The van der Waals surface area contributed by atoms with Crippen molar-refractivity contribution in [3.05, 3.63) is 0 Å². The van der Waals surface area contributed by atoms with Gasteiger partial charge in [-0.25, -0.2) is 0 Å². The van der Waals surface area contributed by atoms with Crippen molar-refractivity contribution in [2.75, 3.05) is 13.7 Å². The smallest absolute Gasteiger partial charge is 0.309 e. The fraction of sp³-hybridized carbons (Fsp3) is 0.857. The summed E-state index contributed by atoms with van der Waals surface area (Å²) >= 11 is 0. The van der Waals surface area contributed by atoms with E-state index in [1.54, 1.807) is 0 Å². The van der Waals surface area contributed by atoms with E-state index in [0.29, 0.717) is 6.61 Å². The predicted octanol–water partition coefficient (Wildman–Crippen LogP) is 1.02. The molecule has 5 heteroatoms. The number of hydrogen-bond donors (Lipinski definition) is 0. The lowest BCUT2D eigenvalue weighted by Gasteiger charge is -2.38. The normalized spacial score (nSPS) is 44.1. The Morgan fingerprint density at radius 3 is 2.63 bits per heavy atom. The fourth-order valence-corrected chi connectivity index (χ4v) is 3.84. The maximum absolute atomic E-state index is 12.6. The zero-order valence-electron chi connectivity index (χ0n) is 12.1. The Morgan fingerprint density at radius 1 is 1.47 bits per heavy atom. The molecule has 0 aromatic rings. The number of methoxy groups -OCH3 is 1. The molecule has 5 atom stereocenters. The highest BCUT2D eigenvalue weighted by atomic mass is 16.5. The molecule has 3 fully saturated rings. The van der Waals surface area contributed by atoms with Gasteiger partial charge in [0.25, 0.3) is 0 Å². The number of fused-ring (bicyclic) bond motifs is 3. The Balaban J connectivity index is 1.90. The van der Waals surface area contributed by atoms with Gasteiger partial charge >= 0.3 is 5.97 Å². The van der Waals surface area contributed by atoms with Gasteiger partial charge in [0, 0.05) is 5.92 Å². The first-order valence-electron chi connectivity index (χ1n) is 6.78. The summed E-state index contributed by atoms with van der Waals surface area (Å²) in [5, 5.41) is 0. The number of esters is 1. The summed E-state index contributed by atoms with van der Waals surface area (Å²) in [6.45, 7) is 8.82. The van der Waals surface area contributed by atoms with Crippen LogP contribution in [0.5, 0.6) is 0 Å². The van der Waals surface area contributed by atoms with E-state index in [0.717, 1.165) is 0 Å². The van der Waals surface area contributed by atoms with Crippen molar-refractivity contribution >= 4 is 11.9 Å². The summed E-state index contributed by atoms with van der Waals surface area (Å²) < 4.78 is 10.7. The zero-order chi connectivity index (χ0) is 14.2. The maximum atomic E-state index is 12.6. The van der Waals surface area contributed by atoms with Crippen LogP contribution in [-0.4, -0.2) is 42.3 Å². The Labute approximate surface area is 113 Å². The monoisotopic (exact) mass is 267 g/mol. The van der Waals surface area contributed by atoms with Gasteiger partial charge in [0.15, 0.2) is 0 Å². The van der Waals surface area contributed by atoms with Crippen LogP contribution in [0.2, 0.25) is 0 Å². The molecule has 1 amide bonds. The average Bonchev–Trinajstić information content (AvgIpc) is 2.90. The first kappa shape index (κ1) is 12.9. The average molecular weight is 267 g/mol. The van der Waals surface area contributed by atoms with Gasteiger partial charge < -0.3 is 14.4 Å². The van der Waals surface area contributed by atoms with Gasteiger partial charge in [-0.3, -0.25) is 9.59 Å². The van der Waals surface area contributed by atoms with Crippen molar-refractivity contribution in [1.82, 2.24) is 4.90 Å². The van der Waals surface area contributed by atoms with Gasteiger partial charge in [-0.1, -0.05) is 20.8 Å². The van der Waals surface area contributed by atoms with Gasteiger partial charge in [0.05, 0.1) is 31.6 Å². The van der Waals surface area contributed by atoms with Crippen LogP contribution in [0.15, 0.2) is 0 Å². The van der Waals surface area contributed by atoms with Crippen LogP contribution in [0.1, 0.15) is 27.7 Å². The van der Waals surface area contributed by atoms with Crippen LogP contribution < -0.4 is 0 Å². The van der Waals surface area contributed by atoms with E-state index in [9.17, 15) is 9.59 Å². The summed E-state index contributed by atoms with van der Waals surface area (Å²) in [4.78, 5) is 26.1. The lowest BCUT2D eigenvalue weighted by Crippen LogP contribution is -2.52. The molecule has 2 aliphatic heterocycles. The van der Waals surface area contributed by atoms with Crippen LogP contribution in [-0.2, 0) is 19.1 Å². The Bertz CT molecular complexity index is 455. The van der Waals surface area contributed by atoms with Crippen LogP contribution in [0, 0.1) is 23.2 Å². The molecule has 1 aliphatic carbocycles. The van der Waals surface area contributed by atoms with Crippen molar-refractivity contribution in [3.8, 4) is 0 Å². The van der Waals surface area contributed by atoms with Crippen molar-refractivity contribution < 1.29 is 19.1 Å². The number of piperidine rings is 1. The third-order valence-electron chi connectivity index (χ3n) is 4.96. The number of hydrogen-bond acceptors (Lipinski definition) is 4. The van der Waals surface area contributed by atoms with E-state index in [4.69, 9.17) is 9.47 Å². The third-order valence-corrected chi connectivity index (χ3v) is 4.96. The molecule has 2 saturated heterocycles. The molecule has 0 bridgehead atoms. The number of carbonyl (C=O) groups excluding carboxylic acids is 2. The van der Waals surface area contributed by atoms with Gasteiger partial charge in [-0.05, 0) is 12.3 Å². The topological polar surface area (TPSA) is 55.8 Å². The van der Waals surface area contributed by atoms with Crippen LogP contribution in [0.3, 0.4) is 0 Å². The molecule has 2 heterocycles. The summed E-state index contributed by atoms with van der Waals surface area (Å²) in [6, 6.07) is 0.0797. The molecule has 0 unspecified atom stereocenters. The molecule has 0 aromatic carbocycles. The molecule has 3 rings (SSSR count). The second-order valence-corrected chi connectivity index (χ2v) is 7.06. The second-order valence-electron chi connectivity index (χ2n) is 7.06. The SMILES string of the molecule is COC(=O)[C@@H]1[C@@H]2C(=O)N3[C@@H](C(C)(C)C)CO[C@]3(C)[C@H]12. The third kappa shape index (κ3) is 1.45. The summed E-state index contributed by atoms with van der Waals surface area (Å²) in [5.41, 5.74) is -0.649. The molecule has 1 saturated carbocycles. The molecule has 0 radical (unpaired) electrons. The molecule has 19 heavy (non-hydrogen) atoms. The molecule has 106 valence electrons. The van der Waals surface area contributed by atoms with E-state index >= 15 is 0 Å². The van der Waals surface area contributed by atoms with Crippen molar-refractivity contribution in [3.63, 3.8) is 0 Å². The first-order chi connectivity index (χ1) is 8.73. The van der Waals surface area contributed by atoms with Crippen molar-refractivity contribution in [1.29, 1.82) is 0 Å². The molecule has 5 nitrogen and oxygen atoms in total. The van der Waals surface area contributed by atoms with Gasteiger partial charge in [0.1, 0.15) is 5.72 Å². The van der Waals surface area contributed by atoms with Crippen LogP contribution in [0.25, 0.3) is 0 Å². The quantitative estimate of drug-likeness (QED) is 0.666. The van der Waals surface area contributed by atoms with Crippen LogP contribution >= 0.6 is 0 Å².